The summed E-state index contributed by atoms with van der Waals surface area (Å²) in [6.07, 6.45) is 4.21. The Hall–Kier alpha value is -1.42. The zero-order valence-corrected chi connectivity index (χ0v) is 11.5. The Balaban J connectivity index is 2.13. The highest BCUT2D eigenvalue weighted by Gasteiger charge is 2.34. The maximum atomic E-state index is 12.9. The van der Waals surface area contributed by atoms with Gasteiger partial charge >= 0.3 is 5.97 Å². The molecule has 1 aliphatic carbocycles. The largest absolute Gasteiger partial charge is 0.481 e. The van der Waals surface area contributed by atoms with Gasteiger partial charge in [-0.3, -0.25) is 4.79 Å². The molecule has 0 spiro atoms. The molecule has 1 saturated carbocycles. The normalized spacial score (nSPS) is 24.9. The van der Waals surface area contributed by atoms with E-state index in [1.54, 1.807) is 12.1 Å². The van der Waals surface area contributed by atoms with E-state index in [2.05, 4.69) is 0 Å². The number of aliphatic hydroxyl groups excluding tert-OH is 1. The van der Waals surface area contributed by atoms with Gasteiger partial charge in [-0.1, -0.05) is 31.4 Å². The Morgan fingerprint density at radius 1 is 1.20 bits per heavy atom. The third-order valence-corrected chi connectivity index (χ3v) is 4.23. The second-order valence-electron chi connectivity index (χ2n) is 5.64. The molecule has 0 bridgehead atoms. The van der Waals surface area contributed by atoms with Crippen LogP contribution in [0.15, 0.2) is 24.3 Å². The van der Waals surface area contributed by atoms with Gasteiger partial charge in [0.15, 0.2) is 0 Å². The molecule has 2 rings (SSSR count). The van der Waals surface area contributed by atoms with Gasteiger partial charge < -0.3 is 10.2 Å². The molecule has 3 nitrogen and oxygen atoms in total. The van der Waals surface area contributed by atoms with Crippen molar-refractivity contribution >= 4 is 5.97 Å². The van der Waals surface area contributed by atoms with Crippen LogP contribution in [-0.4, -0.2) is 22.3 Å². The molecule has 3 unspecified atom stereocenters. The van der Waals surface area contributed by atoms with Gasteiger partial charge in [0.05, 0.1) is 12.0 Å². The summed E-state index contributed by atoms with van der Waals surface area (Å²) < 4.78 is 12.9. The Morgan fingerprint density at radius 2 is 1.85 bits per heavy atom. The van der Waals surface area contributed by atoms with Crippen LogP contribution in [0.4, 0.5) is 4.39 Å². The number of hydrogen-bond donors (Lipinski definition) is 2. The molecule has 2 N–H and O–H groups in total. The summed E-state index contributed by atoms with van der Waals surface area (Å²) in [5.41, 5.74) is 0.801. The standard InChI is InChI=1S/C16H21FO3/c17-12-8-6-11(7-9-12)10-14(16(19)20)13-4-2-1-3-5-15(13)18/h6-9,13-15,18H,1-5,10H2,(H,19,20). The van der Waals surface area contributed by atoms with Crippen LogP contribution >= 0.6 is 0 Å². The van der Waals surface area contributed by atoms with Gasteiger partial charge in [0.2, 0.25) is 0 Å². The number of carboxylic acids is 1. The molecule has 20 heavy (non-hydrogen) atoms. The van der Waals surface area contributed by atoms with Crippen LogP contribution < -0.4 is 0 Å². The first-order valence-electron chi connectivity index (χ1n) is 7.23. The Kier molecular flexibility index (Phi) is 5.12. The number of carbonyl (C=O) groups is 1. The molecule has 0 saturated heterocycles. The van der Waals surface area contributed by atoms with Crippen molar-refractivity contribution in [2.45, 2.75) is 44.6 Å². The molecule has 0 heterocycles. The van der Waals surface area contributed by atoms with E-state index in [9.17, 15) is 19.4 Å². The van der Waals surface area contributed by atoms with Crippen molar-refractivity contribution in [2.75, 3.05) is 0 Å². The van der Waals surface area contributed by atoms with E-state index in [1.165, 1.54) is 12.1 Å². The first-order chi connectivity index (χ1) is 9.58. The van der Waals surface area contributed by atoms with E-state index in [-0.39, 0.29) is 11.7 Å². The number of rotatable bonds is 4. The third kappa shape index (κ3) is 3.79. The number of aliphatic carboxylic acids is 1. The van der Waals surface area contributed by atoms with Gasteiger partial charge in [0.25, 0.3) is 0 Å². The molecule has 0 aromatic heterocycles. The fourth-order valence-corrected chi connectivity index (χ4v) is 3.08. The van der Waals surface area contributed by atoms with Crippen molar-refractivity contribution in [1.82, 2.24) is 0 Å². The lowest BCUT2D eigenvalue weighted by atomic mass is 9.80. The summed E-state index contributed by atoms with van der Waals surface area (Å²) in [7, 11) is 0. The van der Waals surface area contributed by atoms with Gasteiger partial charge in [-0.25, -0.2) is 4.39 Å². The van der Waals surface area contributed by atoms with Crippen LogP contribution in [0.3, 0.4) is 0 Å². The minimum absolute atomic E-state index is 0.208. The van der Waals surface area contributed by atoms with E-state index < -0.39 is 18.0 Å². The Bertz CT molecular complexity index is 444. The predicted octanol–water partition coefficient (Wildman–Crippen LogP) is 3.01. The summed E-state index contributed by atoms with van der Waals surface area (Å²) in [6.45, 7) is 0. The van der Waals surface area contributed by atoms with E-state index >= 15 is 0 Å². The zero-order valence-electron chi connectivity index (χ0n) is 11.5. The lowest BCUT2D eigenvalue weighted by molar-refractivity contribution is -0.145. The van der Waals surface area contributed by atoms with Crippen molar-refractivity contribution in [1.29, 1.82) is 0 Å². The van der Waals surface area contributed by atoms with Crippen LogP contribution in [-0.2, 0) is 11.2 Å². The minimum Gasteiger partial charge on any atom is -0.481 e. The average molecular weight is 280 g/mol. The van der Waals surface area contributed by atoms with Crippen LogP contribution in [0.1, 0.15) is 37.7 Å². The molecule has 1 aromatic carbocycles. The van der Waals surface area contributed by atoms with Crippen molar-refractivity contribution in [2.24, 2.45) is 11.8 Å². The second kappa shape index (κ2) is 6.84. The molecule has 0 radical (unpaired) electrons. The highest BCUT2D eigenvalue weighted by Crippen LogP contribution is 2.31. The fourth-order valence-electron chi connectivity index (χ4n) is 3.08. The van der Waals surface area contributed by atoms with Crippen molar-refractivity contribution in [3.8, 4) is 0 Å². The van der Waals surface area contributed by atoms with Crippen LogP contribution in [0.5, 0.6) is 0 Å². The Morgan fingerprint density at radius 3 is 2.50 bits per heavy atom. The monoisotopic (exact) mass is 280 g/mol. The first kappa shape index (κ1) is 15.0. The third-order valence-electron chi connectivity index (χ3n) is 4.23. The number of benzene rings is 1. The van der Waals surface area contributed by atoms with Crippen molar-refractivity contribution < 1.29 is 19.4 Å². The fraction of sp³-hybridized carbons (Fsp3) is 0.562. The predicted molar refractivity (Wildman–Crippen MR) is 73.8 cm³/mol. The van der Waals surface area contributed by atoms with E-state index in [4.69, 9.17) is 0 Å². The number of aliphatic hydroxyl groups is 1. The maximum absolute atomic E-state index is 12.9. The Labute approximate surface area is 118 Å². The number of halogens is 1. The van der Waals surface area contributed by atoms with E-state index in [1.807, 2.05) is 0 Å². The van der Waals surface area contributed by atoms with Gasteiger partial charge in [-0.05, 0) is 42.9 Å². The van der Waals surface area contributed by atoms with Gasteiger partial charge in [0, 0.05) is 0 Å². The van der Waals surface area contributed by atoms with E-state index in [0.29, 0.717) is 12.8 Å². The maximum Gasteiger partial charge on any atom is 0.307 e. The molecule has 110 valence electrons. The van der Waals surface area contributed by atoms with Gasteiger partial charge in [0.1, 0.15) is 5.82 Å². The zero-order chi connectivity index (χ0) is 14.5. The highest BCUT2D eigenvalue weighted by atomic mass is 19.1. The number of carboxylic acid groups (broad SMARTS) is 1. The van der Waals surface area contributed by atoms with Crippen LogP contribution in [0.2, 0.25) is 0 Å². The topological polar surface area (TPSA) is 57.5 Å². The minimum atomic E-state index is -0.875. The lowest BCUT2D eigenvalue weighted by Crippen LogP contribution is -2.33. The van der Waals surface area contributed by atoms with Crippen LogP contribution in [0.25, 0.3) is 0 Å². The summed E-state index contributed by atoms with van der Waals surface area (Å²) in [5.74, 6) is -2.01. The molecule has 3 atom stereocenters. The lowest BCUT2D eigenvalue weighted by Gasteiger charge is -2.27. The SMILES string of the molecule is O=C(O)C(Cc1ccc(F)cc1)C1CCCCCC1O. The molecule has 1 aliphatic rings. The molecular weight excluding hydrogens is 259 g/mol. The molecule has 1 aromatic rings. The quantitative estimate of drug-likeness (QED) is 0.834. The van der Waals surface area contributed by atoms with Gasteiger partial charge in [-0.2, -0.15) is 0 Å². The molecule has 0 amide bonds. The molecule has 1 fully saturated rings. The summed E-state index contributed by atoms with van der Waals surface area (Å²) in [5, 5.41) is 19.6. The summed E-state index contributed by atoms with van der Waals surface area (Å²) in [6, 6.07) is 5.93. The second-order valence-corrected chi connectivity index (χ2v) is 5.64. The first-order valence-corrected chi connectivity index (χ1v) is 7.23. The molecule has 4 heteroatoms. The molecule has 0 aliphatic heterocycles. The summed E-state index contributed by atoms with van der Waals surface area (Å²) >= 11 is 0. The van der Waals surface area contributed by atoms with Gasteiger partial charge in [-0.15, -0.1) is 0 Å². The summed E-state index contributed by atoms with van der Waals surface area (Å²) in [4.78, 5) is 11.5. The molecular formula is C16H21FO3. The smallest absolute Gasteiger partial charge is 0.307 e. The van der Waals surface area contributed by atoms with Crippen molar-refractivity contribution in [3.05, 3.63) is 35.6 Å². The number of hydrogen-bond acceptors (Lipinski definition) is 2. The van der Waals surface area contributed by atoms with Crippen LogP contribution in [0, 0.1) is 17.7 Å². The van der Waals surface area contributed by atoms with E-state index in [0.717, 1.165) is 31.2 Å². The highest BCUT2D eigenvalue weighted by molar-refractivity contribution is 5.71. The average Bonchev–Trinajstić information content (AvgIpc) is 2.63. The van der Waals surface area contributed by atoms with Crippen molar-refractivity contribution in [3.63, 3.8) is 0 Å².